The first kappa shape index (κ1) is 17.4. The van der Waals surface area contributed by atoms with Crippen molar-refractivity contribution in [2.75, 3.05) is 12.3 Å². The first-order valence-electron chi connectivity index (χ1n) is 7.82. The van der Waals surface area contributed by atoms with Gasteiger partial charge in [-0.2, -0.15) is 0 Å². The van der Waals surface area contributed by atoms with E-state index in [1.165, 1.54) is 0 Å². The fourth-order valence-electron chi connectivity index (χ4n) is 3.01. The molecule has 0 saturated carbocycles. The van der Waals surface area contributed by atoms with Gasteiger partial charge < -0.3 is 4.90 Å². The molecule has 1 fully saturated rings. The summed E-state index contributed by atoms with van der Waals surface area (Å²) in [5.74, 6) is -0.107. The van der Waals surface area contributed by atoms with Crippen LogP contribution in [-0.2, 0) is 9.84 Å². The second-order valence-electron chi connectivity index (χ2n) is 5.90. The summed E-state index contributed by atoms with van der Waals surface area (Å²) in [4.78, 5) is 14.7. The number of amides is 1. The molecular weight excluding hydrogens is 437 g/mol. The maximum absolute atomic E-state index is 12.7. The SMILES string of the molecule is O=C(c1ccc(I)cc1)N1CCCC1CS(=O)(=O)c1ccccc1. The van der Waals surface area contributed by atoms with Crippen LogP contribution in [0.15, 0.2) is 59.5 Å². The first-order valence-corrected chi connectivity index (χ1v) is 10.5. The lowest BCUT2D eigenvalue weighted by atomic mass is 10.2. The van der Waals surface area contributed by atoms with Crippen molar-refractivity contribution in [3.63, 3.8) is 0 Å². The Morgan fingerprint density at radius 2 is 1.75 bits per heavy atom. The van der Waals surface area contributed by atoms with Gasteiger partial charge in [-0.1, -0.05) is 18.2 Å². The summed E-state index contributed by atoms with van der Waals surface area (Å²) >= 11 is 2.19. The van der Waals surface area contributed by atoms with E-state index in [1.807, 2.05) is 12.1 Å². The van der Waals surface area contributed by atoms with Gasteiger partial charge in [0, 0.05) is 21.7 Å². The van der Waals surface area contributed by atoms with E-state index in [0.717, 1.165) is 16.4 Å². The molecule has 1 atom stereocenters. The van der Waals surface area contributed by atoms with E-state index < -0.39 is 9.84 Å². The average molecular weight is 455 g/mol. The van der Waals surface area contributed by atoms with Crippen molar-refractivity contribution in [3.8, 4) is 0 Å². The number of carbonyl (C=O) groups excluding carboxylic acids is 1. The number of hydrogen-bond acceptors (Lipinski definition) is 3. The summed E-state index contributed by atoms with van der Waals surface area (Å²) in [6, 6.07) is 15.6. The topological polar surface area (TPSA) is 54.5 Å². The van der Waals surface area contributed by atoms with E-state index in [1.54, 1.807) is 47.4 Å². The molecule has 1 amide bonds. The van der Waals surface area contributed by atoms with Crippen LogP contribution in [0.1, 0.15) is 23.2 Å². The molecule has 0 aliphatic carbocycles. The van der Waals surface area contributed by atoms with Gasteiger partial charge in [0.25, 0.3) is 5.91 Å². The third kappa shape index (κ3) is 3.80. The van der Waals surface area contributed by atoms with Crippen LogP contribution in [0.3, 0.4) is 0 Å². The van der Waals surface area contributed by atoms with Crippen molar-refractivity contribution in [1.29, 1.82) is 0 Å². The van der Waals surface area contributed by atoms with Gasteiger partial charge >= 0.3 is 0 Å². The van der Waals surface area contributed by atoms with Crippen LogP contribution in [0.2, 0.25) is 0 Å². The van der Waals surface area contributed by atoms with E-state index in [0.29, 0.717) is 17.0 Å². The van der Waals surface area contributed by atoms with Crippen molar-refractivity contribution in [2.45, 2.75) is 23.8 Å². The number of sulfone groups is 1. The molecule has 0 radical (unpaired) electrons. The lowest BCUT2D eigenvalue weighted by Gasteiger charge is -2.24. The van der Waals surface area contributed by atoms with Crippen LogP contribution >= 0.6 is 22.6 Å². The molecule has 2 aromatic rings. The average Bonchev–Trinajstić information content (AvgIpc) is 3.03. The molecule has 6 heteroatoms. The third-order valence-corrected chi connectivity index (χ3v) is 6.78. The maximum atomic E-state index is 12.7. The molecule has 4 nitrogen and oxygen atoms in total. The minimum absolute atomic E-state index is 0.0207. The number of rotatable bonds is 4. The summed E-state index contributed by atoms with van der Waals surface area (Å²) in [6.07, 6.45) is 1.56. The van der Waals surface area contributed by atoms with E-state index >= 15 is 0 Å². The summed E-state index contributed by atoms with van der Waals surface area (Å²) in [7, 11) is -3.39. The Morgan fingerprint density at radius 3 is 2.42 bits per heavy atom. The third-order valence-electron chi connectivity index (χ3n) is 4.24. The molecule has 1 aliphatic heterocycles. The second-order valence-corrected chi connectivity index (χ2v) is 9.18. The molecule has 2 aromatic carbocycles. The number of hydrogen-bond donors (Lipinski definition) is 0. The van der Waals surface area contributed by atoms with Crippen molar-refractivity contribution >= 4 is 38.3 Å². The normalized spacial score (nSPS) is 17.9. The van der Waals surface area contributed by atoms with Crippen molar-refractivity contribution in [2.24, 2.45) is 0 Å². The van der Waals surface area contributed by atoms with Gasteiger partial charge in [-0.05, 0) is 71.8 Å². The van der Waals surface area contributed by atoms with Gasteiger partial charge in [0.1, 0.15) is 0 Å². The molecule has 0 aromatic heterocycles. The van der Waals surface area contributed by atoms with Gasteiger partial charge in [0.2, 0.25) is 0 Å². The van der Waals surface area contributed by atoms with Crippen LogP contribution in [0.4, 0.5) is 0 Å². The van der Waals surface area contributed by atoms with Crippen LogP contribution < -0.4 is 0 Å². The molecule has 1 heterocycles. The van der Waals surface area contributed by atoms with Gasteiger partial charge in [0.05, 0.1) is 10.6 Å². The molecule has 24 heavy (non-hydrogen) atoms. The molecule has 1 saturated heterocycles. The monoisotopic (exact) mass is 455 g/mol. The van der Waals surface area contributed by atoms with Gasteiger partial charge in [-0.25, -0.2) is 8.42 Å². The van der Waals surface area contributed by atoms with Crippen LogP contribution in [0, 0.1) is 3.57 Å². The quantitative estimate of drug-likeness (QED) is 0.665. The Balaban J connectivity index is 1.78. The zero-order chi connectivity index (χ0) is 17.2. The zero-order valence-electron chi connectivity index (χ0n) is 13.1. The predicted octanol–water partition coefficient (Wildman–Crippen LogP) is 3.37. The fraction of sp³-hybridized carbons (Fsp3) is 0.278. The molecule has 1 aliphatic rings. The Hall–Kier alpha value is -1.41. The Labute approximate surface area is 155 Å². The summed E-state index contributed by atoms with van der Waals surface area (Å²) < 4.78 is 26.3. The van der Waals surface area contributed by atoms with Crippen LogP contribution in [-0.4, -0.2) is 37.6 Å². The van der Waals surface area contributed by atoms with Crippen molar-refractivity contribution < 1.29 is 13.2 Å². The fourth-order valence-corrected chi connectivity index (χ4v) is 4.99. The highest BCUT2D eigenvalue weighted by molar-refractivity contribution is 14.1. The minimum Gasteiger partial charge on any atom is -0.335 e. The summed E-state index contributed by atoms with van der Waals surface area (Å²) in [5.41, 5.74) is 0.611. The lowest BCUT2D eigenvalue weighted by Crippen LogP contribution is -2.39. The molecule has 3 rings (SSSR count). The Bertz CT molecular complexity index is 819. The molecule has 0 bridgehead atoms. The van der Waals surface area contributed by atoms with Gasteiger partial charge in [-0.3, -0.25) is 4.79 Å². The largest absolute Gasteiger partial charge is 0.335 e. The Kier molecular flexibility index (Phi) is 5.24. The number of benzene rings is 2. The van der Waals surface area contributed by atoms with Crippen molar-refractivity contribution in [3.05, 3.63) is 63.7 Å². The molecular formula is C18H18INO3S. The van der Waals surface area contributed by atoms with Crippen molar-refractivity contribution in [1.82, 2.24) is 4.90 Å². The smallest absolute Gasteiger partial charge is 0.254 e. The van der Waals surface area contributed by atoms with E-state index in [4.69, 9.17) is 0 Å². The molecule has 0 spiro atoms. The standard InChI is InChI=1S/C18H18INO3S/c19-15-10-8-14(9-11-15)18(21)20-12-4-5-16(20)13-24(22,23)17-6-2-1-3-7-17/h1-3,6-11,16H,4-5,12-13H2. The van der Waals surface area contributed by atoms with Crippen LogP contribution in [0.5, 0.6) is 0 Å². The highest BCUT2D eigenvalue weighted by atomic mass is 127. The Morgan fingerprint density at radius 1 is 1.08 bits per heavy atom. The highest BCUT2D eigenvalue weighted by Gasteiger charge is 2.33. The van der Waals surface area contributed by atoms with E-state index in [9.17, 15) is 13.2 Å². The molecule has 126 valence electrons. The predicted molar refractivity (Wildman–Crippen MR) is 102 cm³/mol. The van der Waals surface area contributed by atoms with Gasteiger partial charge in [-0.15, -0.1) is 0 Å². The summed E-state index contributed by atoms with van der Waals surface area (Å²) in [5, 5.41) is 0. The first-order chi connectivity index (χ1) is 11.5. The number of likely N-dealkylation sites (tertiary alicyclic amines) is 1. The van der Waals surface area contributed by atoms with Gasteiger partial charge in [0.15, 0.2) is 9.84 Å². The van der Waals surface area contributed by atoms with E-state index in [-0.39, 0.29) is 17.7 Å². The molecule has 1 unspecified atom stereocenters. The zero-order valence-corrected chi connectivity index (χ0v) is 16.0. The molecule has 0 N–H and O–H groups in total. The maximum Gasteiger partial charge on any atom is 0.254 e. The number of halogens is 1. The lowest BCUT2D eigenvalue weighted by molar-refractivity contribution is 0.0749. The van der Waals surface area contributed by atoms with Crippen LogP contribution in [0.25, 0.3) is 0 Å². The second kappa shape index (κ2) is 7.23. The minimum atomic E-state index is -3.39. The number of carbonyl (C=O) groups is 1. The highest BCUT2D eigenvalue weighted by Crippen LogP contribution is 2.24. The summed E-state index contributed by atoms with van der Waals surface area (Å²) in [6.45, 7) is 0.611. The number of nitrogens with zero attached hydrogens (tertiary/aromatic N) is 1. The van der Waals surface area contributed by atoms with E-state index in [2.05, 4.69) is 22.6 Å².